The lowest BCUT2D eigenvalue weighted by Gasteiger charge is -2.23. The Balaban J connectivity index is 1.53. The van der Waals surface area contributed by atoms with Crippen LogP contribution in [0.4, 0.5) is 11.6 Å². The molecule has 1 aliphatic heterocycles. The van der Waals surface area contributed by atoms with Gasteiger partial charge in [0.05, 0.1) is 11.5 Å². The molecule has 1 atom stereocenters. The number of para-hydroxylation sites is 1. The molecule has 9 heteroatoms. The summed E-state index contributed by atoms with van der Waals surface area (Å²) in [7, 11) is -1.17. The number of nitrogens with one attached hydrogen (secondary N) is 1. The summed E-state index contributed by atoms with van der Waals surface area (Å²) < 4.78 is 28.6. The molecule has 1 N–H and O–H groups in total. The predicted octanol–water partition coefficient (Wildman–Crippen LogP) is 1.12. The van der Waals surface area contributed by atoms with Crippen LogP contribution in [-0.2, 0) is 14.6 Å². The number of amides is 1. The number of aromatic nitrogens is 2. The number of hydrogen-bond acceptors (Lipinski definition) is 7. The highest BCUT2D eigenvalue weighted by atomic mass is 32.2. The molecule has 1 aromatic heterocycles. The largest absolute Gasteiger partial charge is 0.484 e. The van der Waals surface area contributed by atoms with Crippen molar-refractivity contribution in [2.45, 2.75) is 12.5 Å². The molecule has 26 heavy (non-hydrogen) atoms. The van der Waals surface area contributed by atoms with Gasteiger partial charge in [-0.05, 0) is 30.7 Å². The minimum absolute atomic E-state index is 0.103. The second kappa shape index (κ2) is 7.69. The molecule has 2 heterocycles. The van der Waals surface area contributed by atoms with Crippen molar-refractivity contribution in [3.05, 3.63) is 42.5 Å². The molecule has 138 valence electrons. The average Bonchev–Trinajstić information content (AvgIpc) is 3.01. The summed E-state index contributed by atoms with van der Waals surface area (Å²) in [5.41, 5.74) is 0. The van der Waals surface area contributed by atoms with Crippen LogP contribution < -0.4 is 15.0 Å². The number of nitrogens with zero attached hydrogens (tertiary/aromatic N) is 3. The summed E-state index contributed by atoms with van der Waals surface area (Å²) in [4.78, 5) is 13.7. The molecule has 3 rings (SSSR count). The van der Waals surface area contributed by atoms with E-state index in [1.54, 1.807) is 31.3 Å². The molecule has 1 fully saturated rings. The van der Waals surface area contributed by atoms with Crippen molar-refractivity contribution in [3.8, 4) is 5.75 Å². The van der Waals surface area contributed by atoms with Crippen LogP contribution in [-0.4, -0.2) is 55.7 Å². The number of ether oxygens (including phenoxy) is 1. The van der Waals surface area contributed by atoms with E-state index in [-0.39, 0.29) is 30.1 Å². The molecule has 0 saturated carbocycles. The minimum atomic E-state index is -2.96. The van der Waals surface area contributed by atoms with Crippen molar-refractivity contribution < 1.29 is 17.9 Å². The van der Waals surface area contributed by atoms with Crippen LogP contribution in [0.1, 0.15) is 6.42 Å². The van der Waals surface area contributed by atoms with Gasteiger partial charge in [-0.2, -0.15) is 0 Å². The molecule has 1 unspecified atom stereocenters. The number of carbonyl (C=O) groups excluding carboxylic acids is 1. The second-order valence-corrected chi connectivity index (χ2v) is 8.32. The highest BCUT2D eigenvalue weighted by Crippen LogP contribution is 2.21. The lowest BCUT2D eigenvalue weighted by molar-refractivity contribution is -0.118. The zero-order valence-electron chi connectivity index (χ0n) is 14.3. The molecule has 2 aromatic rings. The Morgan fingerprint density at radius 2 is 2.00 bits per heavy atom. The first kappa shape index (κ1) is 18.1. The van der Waals surface area contributed by atoms with Crippen LogP contribution in [0.5, 0.6) is 5.75 Å². The fourth-order valence-electron chi connectivity index (χ4n) is 2.69. The number of carbonyl (C=O) groups is 1. The van der Waals surface area contributed by atoms with Crippen LogP contribution in [0.25, 0.3) is 0 Å². The predicted molar refractivity (Wildman–Crippen MR) is 98.1 cm³/mol. The number of hydrogen-bond donors (Lipinski definition) is 1. The van der Waals surface area contributed by atoms with Crippen LogP contribution in [0, 0.1) is 0 Å². The first-order valence-corrected chi connectivity index (χ1v) is 10.00. The van der Waals surface area contributed by atoms with Gasteiger partial charge < -0.3 is 15.0 Å². The van der Waals surface area contributed by atoms with E-state index in [1.165, 1.54) is 0 Å². The third kappa shape index (κ3) is 4.69. The summed E-state index contributed by atoms with van der Waals surface area (Å²) in [5.74, 6) is 1.46. The van der Waals surface area contributed by atoms with Crippen molar-refractivity contribution in [2.75, 3.05) is 35.4 Å². The number of benzene rings is 1. The maximum atomic E-state index is 11.9. The molecule has 1 amide bonds. The Labute approximate surface area is 152 Å². The Kier molecular flexibility index (Phi) is 5.36. The quantitative estimate of drug-likeness (QED) is 0.806. The van der Waals surface area contributed by atoms with Gasteiger partial charge in [-0.15, -0.1) is 10.2 Å². The summed E-state index contributed by atoms with van der Waals surface area (Å²) in [6.07, 6.45) is 0.579. The fraction of sp³-hybridized carbons (Fsp3) is 0.353. The fourth-order valence-corrected chi connectivity index (χ4v) is 4.47. The van der Waals surface area contributed by atoms with E-state index >= 15 is 0 Å². The van der Waals surface area contributed by atoms with E-state index in [4.69, 9.17) is 4.74 Å². The van der Waals surface area contributed by atoms with Gasteiger partial charge in [0.2, 0.25) is 0 Å². The third-order valence-electron chi connectivity index (χ3n) is 4.15. The third-order valence-corrected chi connectivity index (χ3v) is 5.90. The topological polar surface area (TPSA) is 101 Å². The van der Waals surface area contributed by atoms with Crippen LogP contribution in [0.3, 0.4) is 0 Å². The van der Waals surface area contributed by atoms with Gasteiger partial charge in [0.1, 0.15) is 5.75 Å². The van der Waals surface area contributed by atoms with Gasteiger partial charge in [-0.3, -0.25) is 4.79 Å². The molecule has 0 bridgehead atoms. The second-order valence-electron chi connectivity index (χ2n) is 6.09. The van der Waals surface area contributed by atoms with E-state index in [0.29, 0.717) is 23.8 Å². The first-order valence-electron chi connectivity index (χ1n) is 8.18. The zero-order valence-corrected chi connectivity index (χ0v) is 15.1. The van der Waals surface area contributed by atoms with Crippen molar-refractivity contribution in [1.82, 2.24) is 10.2 Å². The van der Waals surface area contributed by atoms with Gasteiger partial charge in [0.25, 0.3) is 5.91 Å². The van der Waals surface area contributed by atoms with Crippen molar-refractivity contribution >= 4 is 27.4 Å². The standard InChI is InChI=1S/C17H20N4O4S/c1-21(13-9-10-26(23,24)12-13)16-8-7-15(19-20-16)18-17(22)11-25-14-5-3-2-4-6-14/h2-8,13H,9-12H2,1H3,(H,18,19,22). The molecule has 0 aliphatic carbocycles. The first-order chi connectivity index (χ1) is 12.4. The summed E-state index contributed by atoms with van der Waals surface area (Å²) >= 11 is 0. The van der Waals surface area contributed by atoms with Gasteiger partial charge >= 0.3 is 0 Å². The van der Waals surface area contributed by atoms with Gasteiger partial charge in [0.15, 0.2) is 28.1 Å². The SMILES string of the molecule is CN(c1ccc(NC(=O)COc2ccccc2)nn1)C1CCS(=O)(=O)C1. The van der Waals surface area contributed by atoms with Crippen LogP contribution in [0.2, 0.25) is 0 Å². The molecule has 1 saturated heterocycles. The number of sulfone groups is 1. The van der Waals surface area contributed by atoms with Crippen molar-refractivity contribution in [2.24, 2.45) is 0 Å². The molecule has 8 nitrogen and oxygen atoms in total. The number of anilines is 2. The minimum Gasteiger partial charge on any atom is -0.484 e. The highest BCUT2D eigenvalue weighted by molar-refractivity contribution is 7.91. The molecule has 1 aliphatic rings. The van der Waals surface area contributed by atoms with E-state index in [0.717, 1.165) is 0 Å². The van der Waals surface area contributed by atoms with E-state index in [2.05, 4.69) is 15.5 Å². The van der Waals surface area contributed by atoms with E-state index in [9.17, 15) is 13.2 Å². The maximum absolute atomic E-state index is 11.9. The Morgan fingerprint density at radius 3 is 2.62 bits per heavy atom. The molecule has 0 radical (unpaired) electrons. The van der Waals surface area contributed by atoms with Crippen molar-refractivity contribution in [3.63, 3.8) is 0 Å². The lowest BCUT2D eigenvalue weighted by atomic mass is 10.2. The lowest BCUT2D eigenvalue weighted by Crippen LogP contribution is -2.33. The monoisotopic (exact) mass is 376 g/mol. The molecular weight excluding hydrogens is 356 g/mol. The normalized spacial score (nSPS) is 18.3. The highest BCUT2D eigenvalue weighted by Gasteiger charge is 2.31. The summed E-state index contributed by atoms with van der Waals surface area (Å²) in [5, 5.41) is 10.7. The summed E-state index contributed by atoms with van der Waals surface area (Å²) in [6, 6.07) is 12.3. The average molecular weight is 376 g/mol. The Bertz CT molecular complexity index is 856. The zero-order chi connectivity index (χ0) is 18.6. The van der Waals surface area contributed by atoms with Gasteiger partial charge in [-0.1, -0.05) is 18.2 Å². The van der Waals surface area contributed by atoms with Gasteiger partial charge in [-0.25, -0.2) is 8.42 Å². The Hall–Kier alpha value is -2.68. The van der Waals surface area contributed by atoms with E-state index in [1.807, 2.05) is 23.1 Å². The van der Waals surface area contributed by atoms with Crippen LogP contribution >= 0.6 is 0 Å². The molecule has 0 spiro atoms. The molecular formula is C17H20N4O4S. The molecule has 1 aromatic carbocycles. The maximum Gasteiger partial charge on any atom is 0.263 e. The van der Waals surface area contributed by atoms with Crippen LogP contribution in [0.15, 0.2) is 42.5 Å². The van der Waals surface area contributed by atoms with Gasteiger partial charge in [0, 0.05) is 13.1 Å². The smallest absolute Gasteiger partial charge is 0.263 e. The number of rotatable bonds is 6. The van der Waals surface area contributed by atoms with Crippen molar-refractivity contribution in [1.29, 1.82) is 0 Å². The Morgan fingerprint density at radius 1 is 1.23 bits per heavy atom. The van der Waals surface area contributed by atoms with E-state index < -0.39 is 9.84 Å². The summed E-state index contributed by atoms with van der Waals surface area (Å²) in [6.45, 7) is -0.132.